The average Bonchev–Trinajstić information content (AvgIpc) is 2.88. The standard InChI is InChI=1S/C15H19BrFN3S/c1-5-18-12(10-8-9(16)6-7-11(10)17)13-14(15(2,3)4)19-20-21-13/h6-8,12,18H,5H2,1-4H3. The molecule has 0 saturated heterocycles. The fraction of sp³-hybridized carbons (Fsp3) is 0.467. The zero-order valence-electron chi connectivity index (χ0n) is 12.6. The number of hydrogen-bond acceptors (Lipinski definition) is 4. The Hall–Kier alpha value is -0.850. The first-order chi connectivity index (χ1) is 9.84. The monoisotopic (exact) mass is 371 g/mol. The summed E-state index contributed by atoms with van der Waals surface area (Å²) in [5.74, 6) is -0.225. The van der Waals surface area contributed by atoms with Gasteiger partial charge in [-0.2, -0.15) is 0 Å². The van der Waals surface area contributed by atoms with Gasteiger partial charge in [0.1, 0.15) is 5.82 Å². The van der Waals surface area contributed by atoms with Crippen molar-refractivity contribution in [2.75, 3.05) is 6.54 Å². The van der Waals surface area contributed by atoms with E-state index in [9.17, 15) is 4.39 Å². The topological polar surface area (TPSA) is 37.8 Å². The van der Waals surface area contributed by atoms with Gasteiger partial charge in [-0.25, -0.2) is 4.39 Å². The van der Waals surface area contributed by atoms with E-state index in [1.807, 2.05) is 13.0 Å². The molecule has 0 bridgehead atoms. The Balaban J connectivity index is 2.54. The first-order valence-electron chi connectivity index (χ1n) is 6.85. The highest BCUT2D eigenvalue weighted by Crippen LogP contribution is 2.35. The number of rotatable bonds is 4. The van der Waals surface area contributed by atoms with Crippen molar-refractivity contribution >= 4 is 27.5 Å². The van der Waals surface area contributed by atoms with E-state index in [4.69, 9.17) is 0 Å². The van der Waals surface area contributed by atoms with Crippen molar-refractivity contribution in [1.82, 2.24) is 14.9 Å². The molecule has 2 rings (SSSR count). The molecular formula is C15H19BrFN3S. The number of halogens is 2. The fourth-order valence-corrected chi connectivity index (χ4v) is 3.53. The predicted molar refractivity (Wildman–Crippen MR) is 88.2 cm³/mol. The van der Waals surface area contributed by atoms with Gasteiger partial charge in [-0.1, -0.05) is 48.1 Å². The van der Waals surface area contributed by atoms with E-state index in [-0.39, 0.29) is 17.3 Å². The van der Waals surface area contributed by atoms with Gasteiger partial charge in [0.2, 0.25) is 0 Å². The van der Waals surface area contributed by atoms with E-state index >= 15 is 0 Å². The highest BCUT2D eigenvalue weighted by molar-refractivity contribution is 9.10. The molecule has 0 aliphatic rings. The van der Waals surface area contributed by atoms with Gasteiger partial charge in [-0.05, 0) is 36.3 Å². The summed E-state index contributed by atoms with van der Waals surface area (Å²) in [5, 5.41) is 7.61. The van der Waals surface area contributed by atoms with Crippen molar-refractivity contribution in [3.05, 3.63) is 44.6 Å². The summed E-state index contributed by atoms with van der Waals surface area (Å²) in [6, 6.07) is 4.77. The summed E-state index contributed by atoms with van der Waals surface area (Å²) in [6.45, 7) is 9.01. The third-order valence-corrected chi connectivity index (χ3v) is 4.45. The predicted octanol–water partition coefficient (Wildman–Crippen LogP) is 4.44. The summed E-state index contributed by atoms with van der Waals surface area (Å²) in [4.78, 5) is 0.973. The molecule has 0 fully saturated rings. The minimum Gasteiger partial charge on any atom is -0.306 e. The van der Waals surface area contributed by atoms with Crippen LogP contribution >= 0.6 is 27.5 Å². The maximum absolute atomic E-state index is 14.3. The van der Waals surface area contributed by atoms with Crippen LogP contribution in [0.5, 0.6) is 0 Å². The van der Waals surface area contributed by atoms with Crippen LogP contribution in [-0.2, 0) is 5.41 Å². The average molecular weight is 372 g/mol. The molecule has 3 nitrogen and oxygen atoms in total. The van der Waals surface area contributed by atoms with Crippen LogP contribution in [0.15, 0.2) is 22.7 Å². The van der Waals surface area contributed by atoms with Crippen LogP contribution in [0.25, 0.3) is 0 Å². The van der Waals surface area contributed by atoms with E-state index in [0.717, 1.165) is 21.6 Å². The first kappa shape index (κ1) is 16.5. The highest BCUT2D eigenvalue weighted by Gasteiger charge is 2.29. The summed E-state index contributed by atoms with van der Waals surface area (Å²) < 4.78 is 19.2. The Morgan fingerprint density at radius 1 is 1.38 bits per heavy atom. The Morgan fingerprint density at radius 3 is 2.71 bits per heavy atom. The second-order valence-electron chi connectivity index (χ2n) is 5.89. The van der Waals surface area contributed by atoms with Crippen LogP contribution in [-0.4, -0.2) is 16.1 Å². The number of benzene rings is 1. The lowest BCUT2D eigenvalue weighted by atomic mass is 9.88. The lowest BCUT2D eigenvalue weighted by Gasteiger charge is -2.23. The molecule has 0 amide bonds. The second kappa shape index (κ2) is 6.50. The van der Waals surface area contributed by atoms with Gasteiger partial charge in [0.25, 0.3) is 0 Å². The van der Waals surface area contributed by atoms with Crippen LogP contribution in [0.4, 0.5) is 4.39 Å². The van der Waals surface area contributed by atoms with Crippen molar-refractivity contribution < 1.29 is 4.39 Å². The number of aromatic nitrogens is 2. The molecule has 1 atom stereocenters. The molecule has 0 aliphatic carbocycles. The molecule has 21 heavy (non-hydrogen) atoms. The largest absolute Gasteiger partial charge is 0.306 e. The van der Waals surface area contributed by atoms with Crippen molar-refractivity contribution in [3.63, 3.8) is 0 Å². The molecule has 0 saturated carbocycles. The quantitative estimate of drug-likeness (QED) is 0.863. The summed E-state index contributed by atoms with van der Waals surface area (Å²) in [7, 11) is 0. The number of nitrogens with one attached hydrogen (secondary N) is 1. The SMILES string of the molecule is CCNC(c1cc(Br)ccc1F)c1snnc1C(C)(C)C. The molecule has 1 aromatic carbocycles. The zero-order chi connectivity index (χ0) is 15.6. The number of nitrogens with zero attached hydrogens (tertiary/aromatic N) is 2. The summed E-state index contributed by atoms with van der Waals surface area (Å²) in [6.07, 6.45) is 0. The molecule has 0 aliphatic heterocycles. The molecule has 6 heteroatoms. The van der Waals surface area contributed by atoms with Crippen LogP contribution in [0.1, 0.15) is 49.9 Å². The first-order valence-corrected chi connectivity index (χ1v) is 8.42. The summed E-state index contributed by atoms with van der Waals surface area (Å²) in [5.41, 5.74) is 1.40. The van der Waals surface area contributed by atoms with Gasteiger partial charge >= 0.3 is 0 Å². The molecule has 1 N–H and O–H groups in total. The maximum atomic E-state index is 14.3. The lowest BCUT2D eigenvalue weighted by molar-refractivity contribution is 0.528. The van der Waals surface area contributed by atoms with Gasteiger partial charge in [0.05, 0.1) is 16.6 Å². The van der Waals surface area contributed by atoms with Crippen molar-refractivity contribution in [2.24, 2.45) is 0 Å². The second-order valence-corrected chi connectivity index (χ2v) is 7.59. The normalized spacial score (nSPS) is 13.4. The van der Waals surface area contributed by atoms with Crippen molar-refractivity contribution in [3.8, 4) is 0 Å². The maximum Gasteiger partial charge on any atom is 0.128 e. The van der Waals surface area contributed by atoms with Crippen molar-refractivity contribution in [1.29, 1.82) is 0 Å². The Morgan fingerprint density at radius 2 is 2.10 bits per heavy atom. The molecule has 114 valence electrons. The van der Waals surface area contributed by atoms with Crippen molar-refractivity contribution in [2.45, 2.75) is 39.2 Å². The van der Waals surface area contributed by atoms with Gasteiger partial charge < -0.3 is 5.32 Å². The Bertz CT molecular complexity index is 622. The summed E-state index contributed by atoms with van der Waals surface area (Å²) >= 11 is 4.74. The van der Waals surface area contributed by atoms with Crippen LogP contribution < -0.4 is 5.32 Å². The van der Waals surface area contributed by atoms with E-state index in [1.165, 1.54) is 17.6 Å². The zero-order valence-corrected chi connectivity index (χ0v) is 15.0. The van der Waals surface area contributed by atoms with Gasteiger partial charge in [-0.3, -0.25) is 0 Å². The lowest BCUT2D eigenvalue weighted by Crippen LogP contribution is -2.25. The molecule has 0 radical (unpaired) electrons. The molecule has 1 unspecified atom stereocenters. The molecule has 2 aromatic rings. The van der Waals surface area contributed by atoms with Gasteiger partial charge in [-0.15, -0.1) is 5.10 Å². The van der Waals surface area contributed by atoms with E-state index in [0.29, 0.717) is 5.56 Å². The van der Waals surface area contributed by atoms with Crippen LogP contribution in [0.2, 0.25) is 0 Å². The molecular weight excluding hydrogens is 353 g/mol. The third kappa shape index (κ3) is 3.67. The third-order valence-electron chi connectivity index (χ3n) is 3.16. The van der Waals surface area contributed by atoms with E-state index in [2.05, 4.69) is 51.6 Å². The minimum absolute atomic E-state index is 0.126. The molecule has 0 spiro atoms. The van der Waals surface area contributed by atoms with Gasteiger partial charge in [0.15, 0.2) is 0 Å². The van der Waals surface area contributed by atoms with Crippen LogP contribution in [0.3, 0.4) is 0 Å². The minimum atomic E-state index is -0.235. The highest BCUT2D eigenvalue weighted by atomic mass is 79.9. The number of hydrogen-bond donors (Lipinski definition) is 1. The fourth-order valence-electron chi connectivity index (χ4n) is 2.19. The Labute approximate surface area is 137 Å². The Kier molecular flexibility index (Phi) is 5.11. The molecule has 1 aromatic heterocycles. The van der Waals surface area contributed by atoms with Crippen LogP contribution in [0, 0.1) is 5.82 Å². The van der Waals surface area contributed by atoms with E-state index in [1.54, 1.807) is 6.07 Å². The van der Waals surface area contributed by atoms with Gasteiger partial charge in [0, 0.05) is 15.5 Å². The smallest absolute Gasteiger partial charge is 0.128 e. The van der Waals surface area contributed by atoms with E-state index < -0.39 is 0 Å². The molecule has 1 heterocycles.